The number of nitrogens with one attached hydrogen (secondary N) is 1. The lowest BCUT2D eigenvalue weighted by Crippen LogP contribution is -2.39. The molecular formula is C17H19N7. The fourth-order valence-electron chi connectivity index (χ4n) is 3.12. The molecule has 1 aliphatic heterocycles. The third-order valence-corrected chi connectivity index (χ3v) is 4.22. The smallest absolute Gasteiger partial charge is 0.195 e. The summed E-state index contributed by atoms with van der Waals surface area (Å²) in [6.45, 7) is 5.84. The second kappa shape index (κ2) is 5.92. The van der Waals surface area contributed by atoms with Crippen molar-refractivity contribution in [3.05, 3.63) is 48.8 Å². The van der Waals surface area contributed by atoms with Gasteiger partial charge in [0.25, 0.3) is 0 Å². The molecule has 4 rings (SSSR count). The van der Waals surface area contributed by atoms with E-state index in [4.69, 9.17) is 0 Å². The molecule has 0 aromatic carbocycles. The van der Waals surface area contributed by atoms with Crippen LogP contribution < -0.4 is 10.2 Å². The number of anilines is 2. The minimum Gasteiger partial charge on any atom is -0.361 e. The summed E-state index contributed by atoms with van der Waals surface area (Å²) in [4.78, 5) is 19.8. The first-order valence-corrected chi connectivity index (χ1v) is 8.04. The zero-order valence-electron chi connectivity index (χ0n) is 13.7. The number of aromatic nitrogens is 5. The molecule has 7 nitrogen and oxygen atoms in total. The topological polar surface area (TPSA) is 71.8 Å². The molecule has 24 heavy (non-hydrogen) atoms. The Kier molecular flexibility index (Phi) is 3.60. The van der Waals surface area contributed by atoms with Gasteiger partial charge in [-0.1, -0.05) is 0 Å². The van der Waals surface area contributed by atoms with Gasteiger partial charge >= 0.3 is 0 Å². The summed E-state index contributed by atoms with van der Waals surface area (Å²) >= 11 is 0. The molecule has 0 amide bonds. The molecule has 1 unspecified atom stereocenters. The number of hydrogen-bond donors (Lipinski definition) is 1. The van der Waals surface area contributed by atoms with Crippen LogP contribution in [-0.2, 0) is 6.54 Å². The largest absolute Gasteiger partial charge is 0.361 e. The number of likely N-dealkylation sites (N-methyl/N-ethyl adjacent to an activating group) is 1. The number of aryl methyl sites for hydroxylation is 1. The van der Waals surface area contributed by atoms with Gasteiger partial charge < -0.3 is 14.8 Å². The van der Waals surface area contributed by atoms with E-state index >= 15 is 0 Å². The van der Waals surface area contributed by atoms with Crippen LogP contribution in [0.15, 0.2) is 43.1 Å². The van der Waals surface area contributed by atoms with Crippen molar-refractivity contribution in [2.75, 3.05) is 16.8 Å². The van der Waals surface area contributed by atoms with Crippen LogP contribution in [0.2, 0.25) is 0 Å². The van der Waals surface area contributed by atoms with Gasteiger partial charge in [0.2, 0.25) is 0 Å². The van der Waals surface area contributed by atoms with Crippen LogP contribution in [0.25, 0.3) is 11.6 Å². The zero-order chi connectivity index (χ0) is 16.5. The Hall–Kier alpha value is -2.96. The van der Waals surface area contributed by atoms with Gasteiger partial charge in [-0.15, -0.1) is 0 Å². The Balaban J connectivity index is 1.62. The Morgan fingerprint density at radius 3 is 2.75 bits per heavy atom. The minimum absolute atomic E-state index is 0.144. The molecule has 1 aliphatic rings. The molecule has 3 aromatic rings. The number of nitrogens with zero attached hydrogens (tertiary/aromatic N) is 6. The predicted octanol–water partition coefficient (Wildman–Crippen LogP) is 2.32. The SMILES string of the molecule is CCN1c2cc(C)ncc2NC1Cn1ccnc1-c1ncccn1. The minimum atomic E-state index is 0.144. The second-order valence-electron chi connectivity index (χ2n) is 5.76. The maximum Gasteiger partial charge on any atom is 0.195 e. The first-order chi connectivity index (χ1) is 11.8. The molecule has 3 aromatic heterocycles. The Labute approximate surface area is 140 Å². The number of hydrogen-bond acceptors (Lipinski definition) is 6. The quantitative estimate of drug-likeness (QED) is 0.795. The van der Waals surface area contributed by atoms with Gasteiger partial charge in [0, 0.05) is 37.0 Å². The van der Waals surface area contributed by atoms with E-state index in [-0.39, 0.29) is 6.17 Å². The summed E-state index contributed by atoms with van der Waals surface area (Å²) in [6.07, 6.45) is 9.27. The van der Waals surface area contributed by atoms with Crippen molar-refractivity contribution in [3.8, 4) is 11.6 Å². The highest BCUT2D eigenvalue weighted by molar-refractivity contribution is 5.75. The Morgan fingerprint density at radius 2 is 1.96 bits per heavy atom. The van der Waals surface area contributed by atoms with E-state index in [9.17, 15) is 0 Å². The van der Waals surface area contributed by atoms with Crippen molar-refractivity contribution in [2.45, 2.75) is 26.6 Å². The van der Waals surface area contributed by atoms with Crippen molar-refractivity contribution in [1.82, 2.24) is 24.5 Å². The lowest BCUT2D eigenvalue weighted by atomic mass is 10.3. The number of imidazole rings is 1. The molecule has 0 saturated carbocycles. The van der Waals surface area contributed by atoms with Crippen molar-refractivity contribution in [2.24, 2.45) is 0 Å². The molecule has 122 valence electrons. The fourth-order valence-corrected chi connectivity index (χ4v) is 3.12. The van der Waals surface area contributed by atoms with Crippen LogP contribution in [0, 0.1) is 6.92 Å². The number of pyridine rings is 1. The normalized spacial score (nSPS) is 16.1. The van der Waals surface area contributed by atoms with Crippen LogP contribution in [0.3, 0.4) is 0 Å². The first kappa shape index (κ1) is 14.6. The first-order valence-electron chi connectivity index (χ1n) is 8.04. The highest BCUT2D eigenvalue weighted by Gasteiger charge is 2.28. The highest BCUT2D eigenvalue weighted by Crippen LogP contribution is 2.34. The van der Waals surface area contributed by atoms with Gasteiger partial charge in [0.05, 0.1) is 24.1 Å². The van der Waals surface area contributed by atoms with Gasteiger partial charge in [-0.3, -0.25) is 4.98 Å². The average Bonchev–Trinajstić information content (AvgIpc) is 3.19. The van der Waals surface area contributed by atoms with Crippen molar-refractivity contribution < 1.29 is 0 Å². The molecule has 7 heteroatoms. The number of fused-ring (bicyclic) bond motifs is 1. The molecule has 0 radical (unpaired) electrons. The van der Waals surface area contributed by atoms with E-state index in [1.165, 1.54) is 5.69 Å². The van der Waals surface area contributed by atoms with Crippen LogP contribution in [0.5, 0.6) is 0 Å². The Bertz CT molecular complexity index is 843. The van der Waals surface area contributed by atoms with E-state index in [1.807, 2.05) is 19.3 Å². The molecule has 0 spiro atoms. The van der Waals surface area contributed by atoms with Gasteiger partial charge in [0.15, 0.2) is 11.6 Å². The lowest BCUT2D eigenvalue weighted by molar-refractivity contribution is 0.573. The molecule has 1 atom stereocenters. The van der Waals surface area contributed by atoms with Crippen LogP contribution in [-0.4, -0.2) is 37.2 Å². The standard InChI is InChI=1S/C17H19N7/c1-3-24-14-9-12(2)21-10-13(14)22-15(24)11-23-8-7-20-17(23)16-18-5-4-6-19-16/h4-10,15,22H,3,11H2,1-2H3. The average molecular weight is 321 g/mol. The van der Waals surface area contributed by atoms with Crippen molar-refractivity contribution >= 4 is 11.4 Å². The summed E-state index contributed by atoms with van der Waals surface area (Å²) in [5.41, 5.74) is 3.30. The maximum atomic E-state index is 4.42. The molecule has 1 N–H and O–H groups in total. The third-order valence-electron chi connectivity index (χ3n) is 4.22. The third kappa shape index (κ3) is 2.47. The lowest BCUT2D eigenvalue weighted by Gasteiger charge is -2.26. The predicted molar refractivity (Wildman–Crippen MR) is 92.7 cm³/mol. The van der Waals surface area contributed by atoms with E-state index in [0.29, 0.717) is 5.82 Å². The van der Waals surface area contributed by atoms with Crippen LogP contribution in [0.4, 0.5) is 11.4 Å². The van der Waals surface area contributed by atoms with E-state index in [0.717, 1.165) is 30.3 Å². The summed E-state index contributed by atoms with van der Waals surface area (Å²) in [5.74, 6) is 1.41. The van der Waals surface area contributed by atoms with E-state index < -0.39 is 0 Å². The summed E-state index contributed by atoms with van der Waals surface area (Å²) in [6, 6.07) is 3.93. The van der Waals surface area contributed by atoms with Crippen LogP contribution in [0.1, 0.15) is 12.6 Å². The van der Waals surface area contributed by atoms with Gasteiger partial charge in [-0.25, -0.2) is 15.0 Å². The Morgan fingerprint density at radius 1 is 1.12 bits per heavy atom. The molecular weight excluding hydrogens is 302 g/mol. The molecule has 4 heterocycles. The van der Waals surface area contributed by atoms with Crippen LogP contribution >= 0.6 is 0 Å². The fraction of sp³-hybridized carbons (Fsp3) is 0.294. The molecule has 0 bridgehead atoms. The van der Waals surface area contributed by atoms with Crippen molar-refractivity contribution in [3.63, 3.8) is 0 Å². The summed E-state index contributed by atoms with van der Waals surface area (Å²) in [5, 5.41) is 3.55. The summed E-state index contributed by atoms with van der Waals surface area (Å²) < 4.78 is 2.09. The highest BCUT2D eigenvalue weighted by atomic mass is 15.4. The summed E-state index contributed by atoms with van der Waals surface area (Å²) in [7, 11) is 0. The molecule has 0 aliphatic carbocycles. The zero-order valence-corrected chi connectivity index (χ0v) is 13.7. The van der Waals surface area contributed by atoms with Gasteiger partial charge in [-0.05, 0) is 26.0 Å². The van der Waals surface area contributed by atoms with Gasteiger partial charge in [-0.2, -0.15) is 0 Å². The van der Waals surface area contributed by atoms with Gasteiger partial charge in [0.1, 0.15) is 6.17 Å². The number of rotatable bonds is 4. The maximum absolute atomic E-state index is 4.42. The van der Waals surface area contributed by atoms with Crippen molar-refractivity contribution in [1.29, 1.82) is 0 Å². The molecule has 0 fully saturated rings. The molecule has 0 saturated heterocycles. The second-order valence-corrected chi connectivity index (χ2v) is 5.76. The van der Waals surface area contributed by atoms with E-state index in [1.54, 1.807) is 24.7 Å². The van der Waals surface area contributed by atoms with E-state index in [2.05, 4.69) is 47.7 Å². The monoisotopic (exact) mass is 321 g/mol.